The summed E-state index contributed by atoms with van der Waals surface area (Å²) in [7, 11) is 3.45. The molecular weight excluding hydrogens is 326 g/mol. The van der Waals surface area contributed by atoms with Crippen molar-refractivity contribution >= 4 is 27.5 Å². The maximum absolute atomic E-state index is 6.13. The molecule has 1 heterocycles. The van der Waals surface area contributed by atoms with Gasteiger partial charge in [-0.1, -0.05) is 30.3 Å². The second kappa shape index (κ2) is 6.31. The lowest BCUT2D eigenvalue weighted by Gasteiger charge is -2.12. The molecule has 4 rings (SSSR count). The zero-order chi connectivity index (χ0) is 18.3. The average molecular weight is 346 g/mol. The van der Waals surface area contributed by atoms with Crippen LogP contribution in [0.4, 0.5) is 5.69 Å². The number of nitrogens with two attached hydrogens (primary N) is 1. The highest BCUT2D eigenvalue weighted by Gasteiger charge is 2.14. The lowest BCUT2D eigenvalue weighted by atomic mass is 9.99. The van der Waals surface area contributed by atoms with Crippen LogP contribution in [0.3, 0.4) is 0 Å². The molecule has 6 nitrogen and oxygen atoms in total. The predicted molar refractivity (Wildman–Crippen MR) is 104 cm³/mol. The van der Waals surface area contributed by atoms with Gasteiger partial charge in [0.15, 0.2) is 0 Å². The van der Waals surface area contributed by atoms with Crippen molar-refractivity contribution in [3.8, 4) is 11.4 Å². The first-order valence-electron chi connectivity index (χ1n) is 8.45. The van der Waals surface area contributed by atoms with E-state index in [2.05, 4.69) is 33.7 Å². The Balaban J connectivity index is 1.94. The molecule has 1 aromatic heterocycles. The van der Waals surface area contributed by atoms with Gasteiger partial charge < -0.3 is 15.8 Å². The molecule has 0 saturated carbocycles. The number of anilines is 1. The summed E-state index contributed by atoms with van der Waals surface area (Å²) >= 11 is 0. The van der Waals surface area contributed by atoms with Crippen molar-refractivity contribution in [1.29, 1.82) is 0 Å². The molecular formula is C20H20N5O. The topological polar surface area (TPSA) is 78.0 Å². The molecule has 3 aromatic carbocycles. The summed E-state index contributed by atoms with van der Waals surface area (Å²) in [5.74, 6) is 0.684. The van der Waals surface area contributed by atoms with Crippen molar-refractivity contribution in [2.45, 2.75) is 13.0 Å². The molecule has 0 aliphatic rings. The quantitative estimate of drug-likeness (QED) is 0.592. The number of hydrogen-bond acceptors (Lipinski definition) is 5. The minimum absolute atomic E-state index is 0.0469. The molecule has 0 amide bonds. The summed E-state index contributed by atoms with van der Waals surface area (Å²) in [4.78, 5) is 1.65. The van der Waals surface area contributed by atoms with Crippen LogP contribution in [-0.4, -0.2) is 29.2 Å². The molecule has 0 fully saturated rings. The fraction of sp³-hybridized carbons (Fsp3) is 0.200. The number of benzene rings is 3. The van der Waals surface area contributed by atoms with Crippen molar-refractivity contribution in [3.63, 3.8) is 0 Å². The number of aromatic nitrogens is 3. The summed E-state index contributed by atoms with van der Waals surface area (Å²) in [5.41, 5.74) is 10.3. The van der Waals surface area contributed by atoms with Crippen LogP contribution in [0.15, 0.2) is 42.5 Å². The summed E-state index contributed by atoms with van der Waals surface area (Å²) in [5, 5.41) is 14.5. The largest absolute Gasteiger partial charge is 0.494 e. The molecule has 6 heteroatoms. The standard InChI is InChI=1S/C20H20N5O/c1-12(21)13-8-9-19(15-7-5-4-6-14(13)15)25-23-16-10-18(22-2)20(26-3)11-17(16)24-25/h4-9,11-12,22H,21H2,1-3H3/t12-/m1/s1. The molecule has 1 atom stereocenters. The highest BCUT2D eigenvalue weighted by atomic mass is 16.5. The van der Waals surface area contributed by atoms with Crippen LogP contribution in [0.25, 0.3) is 27.5 Å². The van der Waals surface area contributed by atoms with E-state index in [0.29, 0.717) is 11.3 Å². The molecule has 0 spiro atoms. The number of nitrogens with zero attached hydrogens (tertiary/aromatic N) is 3. The third kappa shape index (κ3) is 2.55. The van der Waals surface area contributed by atoms with E-state index in [1.54, 1.807) is 11.9 Å². The third-order valence-electron chi connectivity index (χ3n) is 4.51. The first kappa shape index (κ1) is 16.4. The van der Waals surface area contributed by atoms with E-state index in [9.17, 15) is 0 Å². The molecule has 1 radical (unpaired) electrons. The lowest BCUT2D eigenvalue weighted by Crippen LogP contribution is -2.07. The Bertz CT molecular complexity index is 1060. The van der Waals surface area contributed by atoms with Crippen molar-refractivity contribution in [2.75, 3.05) is 19.5 Å². The minimum Gasteiger partial charge on any atom is -0.494 e. The van der Waals surface area contributed by atoms with Gasteiger partial charge in [0.25, 0.3) is 0 Å². The van der Waals surface area contributed by atoms with Crippen LogP contribution in [-0.2, 0) is 0 Å². The van der Waals surface area contributed by atoms with E-state index in [1.165, 1.54) is 0 Å². The van der Waals surface area contributed by atoms with Gasteiger partial charge in [0.1, 0.15) is 16.8 Å². The molecule has 0 unspecified atom stereocenters. The van der Waals surface area contributed by atoms with Gasteiger partial charge in [0.05, 0.1) is 18.5 Å². The average Bonchev–Trinajstić information content (AvgIpc) is 3.08. The van der Waals surface area contributed by atoms with Gasteiger partial charge >= 0.3 is 0 Å². The van der Waals surface area contributed by atoms with Gasteiger partial charge in [-0.2, -0.15) is 0 Å². The maximum Gasteiger partial charge on any atom is 0.144 e. The van der Waals surface area contributed by atoms with Crippen LogP contribution < -0.4 is 15.8 Å². The van der Waals surface area contributed by atoms with Gasteiger partial charge in [-0.15, -0.1) is 15.0 Å². The number of fused-ring (bicyclic) bond motifs is 2. The molecule has 26 heavy (non-hydrogen) atoms. The van der Waals surface area contributed by atoms with Crippen LogP contribution >= 0.6 is 0 Å². The number of nitrogens with one attached hydrogen (secondary N) is 1. The Labute approximate surface area is 151 Å². The van der Waals surface area contributed by atoms with Crippen LogP contribution in [0.5, 0.6) is 5.75 Å². The molecule has 4 aromatic rings. The normalized spacial score (nSPS) is 12.5. The van der Waals surface area contributed by atoms with Gasteiger partial charge in [0.2, 0.25) is 0 Å². The Kier molecular flexibility index (Phi) is 3.97. The number of hydrogen-bond donors (Lipinski definition) is 2. The monoisotopic (exact) mass is 346 g/mol. The number of rotatable bonds is 4. The van der Waals surface area contributed by atoms with Gasteiger partial charge in [-0.3, -0.25) is 0 Å². The van der Waals surface area contributed by atoms with Gasteiger partial charge in [0, 0.05) is 30.6 Å². The van der Waals surface area contributed by atoms with E-state index in [-0.39, 0.29) is 6.04 Å². The zero-order valence-electron chi connectivity index (χ0n) is 14.9. The maximum atomic E-state index is 6.13. The summed E-state index contributed by atoms with van der Waals surface area (Å²) in [6.07, 6.45) is 0. The fourth-order valence-electron chi connectivity index (χ4n) is 3.21. The Morgan fingerprint density at radius 3 is 2.62 bits per heavy atom. The molecule has 0 aliphatic heterocycles. The number of methoxy groups -OCH3 is 1. The van der Waals surface area contributed by atoms with Crippen molar-refractivity contribution in [3.05, 3.63) is 54.1 Å². The highest BCUT2D eigenvalue weighted by molar-refractivity contribution is 5.93. The van der Waals surface area contributed by atoms with Crippen LogP contribution in [0.1, 0.15) is 18.5 Å². The Morgan fingerprint density at radius 2 is 1.92 bits per heavy atom. The SMILES string of the molecule is CNc1[c]c2nn(-c3ccc([C@@H](C)N)c4ccccc34)nc2cc1OC. The second-order valence-electron chi connectivity index (χ2n) is 6.19. The first-order chi connectivity index (χ1) is 12.6. The zero-order valence-corrected chi connectivity index (χ0v) is 14.9. The first-order valence-corrected chi connectivity index (χ1v) is 8.45. The summed E-state index contributed by atoms with van der Waals surface area (Å²) in [6.45, 7) is 1.99. The molecule has 0 saturated heterocycles. The van der Waals surface area contributed by atoms with E-state index >= 15 is 0 Å². The van der Waals surface area contributed by atoms with Crippen LogP contribution in [0.2, 0.25) is 0 Å². The number of ether oxygens (including phenoxy) is 1. The summed E-state index contributed by atoms with van der Waals surface area (Å²) in [6, 6.07) is 17.2. The van der Waals surface area contributed by atoms with Crippen LogP contribution in [0, 0.1) is 6.07 Å². The molecule has 3 N–H and O–H groups in total. The summed E-state index contributed by atoms with van der Waals surface area (Å²) < 4.78 is 5.39. The van der Waals surface area contributed by atoms with E-state index in [4.69, 9.17) is 10.5 Å². The predicted octanol–water partition coefficient (Wildman–Crippen LogP) is 3.44. The Morgan fingerprint density at radius 1 is 1.15 bits per heavy atom. The molecule has 131 valence electrons. The van der Waals surface area contributed by atoms with Gasteiger partial charge in [-0.05, 0) is 23.9 Å². The third-order valence-corrected chi connectivity index (χ3v) is 4.51. The lowest BCUT2D eigenvalue weighted by molar-refractivity contribution is 0.417. The second-order valence-corrected chi connectivity index (χ2v) is 6.19. The van der Waals surface area contributed by atoms with Crippen molar-refractivity contribution in [1.82, 2.24) is 15.0 Å². The highest BCUT2D eigenvalue weighted by Crippen LogP contribution is 2.31. The van der Waals surface area contributed by atoms with E-state index in [1.807, 2.05) is 44.3 Å². The molecule has 0 bridgehead atoms. The molecule has 0 aliphatic carbocycles. The van der Waals surface area contributed by atoms with E-state index < -0.39 is 0 Å². The minimum atomic E-state index is -0.0469. The van der Waals surface area contributed by atoms with Crippen molar-refractivity contribution in [2.24, 2.45) is 5.73 Å². The smallest absolute Gasteiger partial charge is 0.144 e. The Hall–Kier alpha value is -3.12. The van der Waals surface area contributed by atoms with E-state index in [0.717, 1.165) is 33.2 Å². The van der Waals surface area contributed by atoms with Crippen molar-refractivity contribution < 1.29 is 4.74 Å². The van der Waals surface area contributed by atoms with Gasteiger partial charge in [-0.25, -0.2) is 0 Å². The fourth-order valence-corrected chi connectivity index (χ4v) is 3.21.